The van der Waals surface area contributed by atoms with Gasteiger partial charge >= 0.3 is 0 Å². The number of carbonyl (C=O) groups is 1. The molecule has 1 aliphatic heterocycles. The first kappa shape index (κ1) is 11.6. The molecule has 1 fully saturated rings. The van der Waals surface area contributed by atoms with Crippen LogP contribution in [0, 0.1) is 3.95 Å². The van der Waals surface area contributed by atoms with E-state index in [1.807, 2.05) is 0 Å². The Morgan fingerprint density at radius 2 is 2.12 bits per heavy atom. The van der Waals surface area contributed by atoms with Crippen LogP contribution in [0.5, 0.6) is 0 Å². The van der Waals surface area contributed by atoms with Crippen LogP contribution in [-0.4, -0.2) is 41.7 Å². The third-order valence-electron chi connectivity index (χ3n) is 2.55. The number of ether oxygens (including phenoxy) is 1. The monoisotopic (exact) mass is 259 g/mol. The fraction of sp³-hybridized carbons (Fsp3) is 0.556. The molecule has 0 atom stereocenters. The van der Waals surface area contributed by atoms with Crippen LogP contribution in [0.3, 0.4) is 0 Å². The highest BCUT2D eigenvalue weighted by atomic mass is 32.1. The van der Waals surface area contributed by atoms with Gasteiger partial charge in [0.25, 0.3) is 5.91 Å². The summed E-state index contributed by atoms with van der Waals surface area (Å²) in [7, 11) is 1.77. The zero-order valence-electron chi connectivity index (χ0n) is 8.93. The van der Waals surface area contributed by atoms with Crippen LogP contribution < -0.4 is 5.73 Å². The maximum absolute atomic E-state index is 12.1. The van der Waals surface area contributed by atoms with E-state index < -0.39 is 0 Å². The van der Waals surface area contributed by atoms with Crippen molar-refractivity contribution in [1.82, 2.24) is 9.47 Å². The number of nitrogens with two attached hydrogens (primary N) is 1. The van der Waals surface area contributed by atoms with Crippen LogP contribution >= 0.6 is 23.6 Å². The molecule has 0 unspecified atom stereocenters. The van der Waals surface area contributed by atoms with E-state index in [0.717, 1.165) is 0 Å². The molecule has 1 saturated heterocycles. The average Bonchev–Trinajstić information content (AvgIpc) is 2.57. The quantitative estimate of drug-likeness (QED) is 0.760. The van der Waals surface area contributed by atoms with Crippen molar-refractivity contribution in [3.05, 3.63) is 8.83 Å². The molecule has 1 aromatic heterocycles. The summed E-state index contributed by atoms with van der Waals surface area (Å²) in [5, 5.41) is 0. The molecule has 7 heteroatoms. The third-order valence-corrected chi connectivity index (χ3v) is 4.11. The van der Waals surface area contributed by atoms with Crippen molar-refractivity contribution in [2.75, 3.05) is 32.0 Å². The summed E-state index contributed by atoms with van der Waals surface area (Å²) in [6.07, 6.45) is 0. The van der Waals surface area contributed by atoms with Gasteiger partial charge in [-0.2, -0.15) is 0 Å². The molecule has 5 nitrogen and oxygen atoms in total. The van der Waals surface area contributed by atoms with Crippen LogP contribution in [0.25, 0.3) is 0 Å². The van der Waals surface area contributed by atoms with E-state index in [9.17, 15) is 4.79 Å². The van der Waals surface area contributed by atoms with Gasteiger partial charge in [0.15, 0.2) is 3.95 Å². The smallest absolute Gasteiger partial charge is 0.267 e. The molecule has 2 rings (SSSR count). The number of nitrogen functional groups attached to an aromatic ring is 1. The van der Waals surface area contributed by atoms with Gasteiger partial charge in [-0.15, -0.1) is 0 Å². The van der Waals surface area contributed by atoms with E-state index in [1.165, 1.54) is 11.3 Å². The van der Waals surface area contributed by atoms with Crippen molar-refractivity contribution in [2.24, 2.45) is 7.05 Å². The Hall–Kier alpha value is -0.920. The summed E-state index contributed by atoms with van der Waals surface area (Å²) in [6.45, 7) is 2.41. The highest BCUT2D eigenvalue weighted by Gasteiger charge is 2.23. The first-order valence-electron chi connectivity index (χ1n) is 4.93. The second-order valence-corrected chi connectivity index (χ2v) is 5.19. The topological polar surface area (TPSA) is 60.5 Å². The van der Waals surface area contributed by atoms with Gasteiger partial charge in [-0.25, -0.2) is 0 Å². The van der Waals surface area contributed by atoms with Gasteiger partial charge < -0.3 is 19.9 Å². The summed E-state index contributed by atoms with van der Waals surface area (Å²) < 4.78 is 7.48. The van der Waals surface area contributed by atoms with Gasteiger partial charge in [0.05, 0.1) is 13.2 Å². The van der Waals surface area contributed by atoms with Crippen molar-refractivity contribution in [3.8, 4) is 0 Å². The molecule has 0 spiro atoms. The van der Waals surface area contributed by atoms with Crippen molar-refractivity contribution < 1.29 is 9.53 Å². The standard InChI is InChI=1S/C9H13N3O2S2/c1-11-7(10)6(16-9(11)15)8(13)12-2-4-14-5-3-12/h2-5,10H2,1H3. The number of thiazole rings is 1. The minimum atomic E-state index is -0.0440. The SMILES string of the molecule is Cn1c(N)c(C(=O)N2CCOCC2)sc1=S. The van der Waals surface area contributed by atoms with Gasteiger partial charge in [0.2, 0.25) is 0 Å². The molecule has 0 radical (unpaired) electrons. The molecule has 88 valence electrons. The molecular weight excluding hydrogens is 246 g/mol. The first-order valence-corrected chi connectivity index (χ1v) is 6.16. The van der Waals surface area contributed by atoms with Crippen LogP contribution in [0.2, 0.25) is 0 Å². The van der Waals surface area contributed by atoms with Crippen molar-refractivity contribution in [2.45, 2.75) is 0 Å². The predicted octanol–water partition coefficient (Wildman–Crippen LogP) is 0.871. The number of carbonyl (C=O) groups excluding carboxylic acids is 1. The Morgan fingerprint density at radius 1 is 1.50 bits per heavy atom. The van der Waals surface area contributed by atoms with E-state index in [2.05, 4.69) is 0 Å². The molecule has 2 N–H and O–H groups in total. The van der Waals surface area contributed by atoms with E-state index in [4.69, 9.17) is 22.7 Å². The van der Waals surface area contributed by atoms with Crippen LogP contribution in [0.4, 0.5) is 5.82 Å². The highest BCUT2D eigenvalue weighted by molar-refractivity contribution is 7.73. The predicted molar refractivity (Wildman–Crippen MR) is 65.3 cm³/mol. The maximum atomic E-state index is 12.1. The number of anilines is 1. The minimum Gasteiger partial charge on any atom is -0.384 e. The van der Waals surface area contributed by atoms with Gasteiger partial charge in [-0.3, -0.25) is 4.79 Å². The van der Waals surface area contributed by atoms with Gasteiger partial charge in [-0.05, 0) is 12.2 Å². The zero-order chi connectivity index (χ0) is 11.7. The van der Waals surface area contributed by atoms with E-state index >= 15 is 0 Å². The van der Waals surface area contributed by atoms with E-state index in [-0.39, 0.29) is 5.91 Å². The molecular formula is C9H13N3O2S2. The van der Waals surface area contributed by atoms with Crippen LogP contribution in [-0.2, 0) is 11.8 Å². The van der Waals surface area contributed by atoms with Crippen LogP contribution in [0.15, 0.2) is 0 Å². The van der Waals surface area contributed by atoms with Crippen molar-refractivity contribution in [1.29, 1.82) is 0 Å². The highest BCUT2D eigenvalue weighted by Crippen LogP contribution is 2.22. The maximum Gasteiger partial charge on any atom is 0.267 e. The summed E-state index contributed by atoms with van der Waals surface area (Å²) >= 11 is 6.35. The second-order valence-electron chi connectivity index (χ2n) is 3.55. The molecule has 0 bridgehead atoms. The van der Waals surface area contributed by atoms with E-state index in [0.29, 0.717) is 41.0 Å². The van der Waals surface area contributed by atoms with Gasteiger partial charge in [0.1, 0.15) is 10.7 Å². The van der Waals surface area contributed by atoms with Gasteiger partial charge in [-0.1, -0.05) is 11.3 Å². The number of hydrogen-bond donors (Lipinski definition) is 1. The number of rotatable bonds is 1. The Balaban J connectivity index is 2.26. The third kappa shape index (κ3) is 1.98. The number of hydrogen-bond acceptors (Lipinski definition) is 5. The lowest BCUT2D eigenvalue weighted by Gasteiger charge is -2.26. The lowest BCUT2D eigenvalue weighted by atomic mass is 10.3. The minimum absolute atomic E-state index is 0.0440. The molecule has 0 saturated carbocycles. The van der Waals surface area contributed by atoms with Crippen LogP contribution in [0.1, 0.15) is 9.67 Å². The lowest BCUT2D eigenvalue weighted by Crippen LogP contribution is -2.40. The summed E-state index contributed by atoms with van der Waals surface area (Å²) in [6, 6.07) is 0. The molecule has 0 aromatic carbocycles. The summed E-state index contributed by atoms with van der Waals surface area (Å²) in [5.41, 5.74) is 5.84. The van der Waals surface area contributed by atoms with E-state index in [1.54, 1.807) is 16.5 Å². The number of amides is 1. The summed E-state index contributed by atoms with van der Waals surface area (Å²) in [5.74, 6) is 0.406. The number of aromatic nitrogens is 1. The average molecular weight is 259 g/mol. The Kier molecular flexibility index (Phi) is 3.27. The second kappa shape index (κ2) is 4.52. The largest absolute Gasteiger partial charge is 0.384 e. The molecule has 1 amide bonds. The normalized spacial score (nSPS) is 16.4. The Morgan fingerprint density at radius 3 is 2.62 bits per heavy atom. The Labute approximate surface area is 102 Å². The van der Waals surface area contributed by atoms with Crippen molar-refractivity contribution >= 4 is 35.3 Å². The molecule has 1 aliphatic rings. The Bertz CT molecular complexity index is 460. The fourth-order valence-corrected chi connectivity index (χ4v) is 2.74. The summed E-state index contributed by atoms with van der Waals surface area (Å²) in [4.78, 5) is 14.4. The zero-order valence-corrected chi connectivity index (χ0v) is 10.6. The number of morpholine rings is 1. The molecule has 0 aliphatic carbocycles. The molecule has 1 aromatic rings. The number of nitrogens with zero attached hydrogens (tertiary/aromatic N) is 2. The lowest BCUT2D eigenvalue weighted by molar-refractivity contribution is 0.0306. The molecule has 2 heterocycles. The fourth-order valence-electron chi connectivity index (χ4n) is 1.52. The van der Waals surface area contributed by atoms with Gasteiger partial charge in [0, 0.05) is 20.1 Å². The molecule has 16 heavy (non-hydrogen) atoms. The first-order chi connectivity index (χ1) is 7.61. The van der Waals surface area contributed by atoms with Crippen molar-refractivity contribution in [3.63, 3.8) is 0 Å².